The first-order chi connectivity index (χ1) is 12.0. The van der Waals surface area contributed by atoms with Crippen molar-refractivity contribution in [2.75, 3.05) is 6.61 Å². The molecule has 25 heavy (non-hydrogen) atoms. The van der Waals surface area contributed by atoms with Gasteiger partial charge in [0.25, 0.3) is 0 Å². The Morgan fingerprint density at radius 1 is 0.880 bits per heavy atom. The predicted octanol–water partition coefficient (Wildman–Crippen LogP) is 4.01. The van der Waals surface area contributed by atoms with Gasteiger partial charge in [0.2, 0.25) is 5.91 Å². The Labute approximate surface area is 152 Å². The van der Waals surface area contributed by atoms with Crippen LogP contribution in [0.25, 0.3) is 0 Å². The van der Waals surface area contributed by atoms with Crippen LogP contribution >= 0.6 is 0 Å². The fourth-order valence-electron chi connectivity index (χ4n) is 4.26. The number of hydrogen-bond donors (Lipinski definition) is 2. The highest BCUT2D eigenvalue weighted by molar-refractivity contribution is 5.78. The largest absolute Gasteiger partial charge is 0.450 e. The van der Waals surface area contributed by atoms with Gasteiger partial charge in [-0.2, -0.15) is 0 Å². The molecule has 0 aromatic rings. The molecule has 0 heterocycles. The molecular formula is C20H36N2O3. The van der Waals surface area contributed by atoms with Crippen molar-refractivity contribution in [3.8, 4) is 0 Å². The molecular weight excluding hydrogens is 316 g/mol. The lowest BCUT2D eigenvalue weighted by molar-refractivity contribution is -0.125. The first kappa shape index (κ1) is 20.1. The minimum absolute atomic E-state index is 0.0797. The Balaban J connectivity index is 1.61. The van der Waals surface area contributed by atoms with Gasteiger partial charge < -0.3 is 15.4 Å². The maximum Gasteiger partial charge on any atom is 0.407 e. The van der Waals surface area contributed by atoms with Gasteiger partial charge in [0.1, 0.15) is 0 Å². The minimum Gasteiger partial charge on any atom is -0.450 e. The van der Waals surface area contributed by atoms with Crippen LogP contribution in [0.4, 0.5) is 4.79 Å². The van der Waals surface area contributed by atoms with Crippen molar-refractivity contribution >= 4 is 12.0 Å². The van der Waals surface area contributed by atoms with Gasteiger partial charge >= 0.3 is 6.09 Å². The summed E-state index contributed by atoms with van der Waals surface area (Å²) in [5, 5.41) is 6.16. The van der Waals surface area contributed by atoms with E-state index in [0.717, 1.165) is 37.5 Å². The number of carbonyl (C=O) groups is 2. The Bertz CT molecular complexity index is 423. The molecule has 0 saturated heterocycles. The third-order valence-electron chi connectivity index (χ3n) is 5.83. The first-order valence-corrected chi connectivity index (χ1v) is 10.2. The zero-order chi connectivity index (χ0) is 18.2. The molecule has 2 aliphatic carbocycles. The van der Waals surface area contributed by atoms with Crippen LogP contribution in [0.5, 0.6) is 0 Å². The summed E-state index contributed by atoms with van der Waals surface area (Å²) >= 11 is 0. The van der Waals surface area contributed by atoms with E-state index in [2.05, 4.69) is 10.6 Å². The average Bonchev–Trinajstić information content (AvgIpc) is 2.58. The number of amides is 2. The monoisotopic (exact) mass is 352 g/mol. The van der Waals surface area contributed by atoms with Crippen molar-refractivity contribution in [2.24, 2.45) is 17.8 Å². The molecule has 2 fully saturated rings. The fourth-order valence-corrected chi connectivity index (χ4v) is 4.26. The molecule has 2 saturated carbocycles. The summed E-state index contributed by atoms with van der Waals surface area (Å²) < 4.78 is 4.97. The van der Waals surface area contributed by atoms with Gasteiger partial charge in [-0.25, -0.2) is 4.79 Å². The Morgan fingerprint density at radius 2 is 1.36 bits per heavy atom. The van der Waals surface area contributed by atoms with Gasteiger partial charge in [-0.3, -0.25) is 4.79 Å². The normalized spacial score (nSPS) is 29.9. The van der Waals surface area contributed by atoms with Crippen LogP contribution in [0, 0.1) is 17.8 Å². The summed E-state index contributed by atoms with van der Waals surface area (Å²) in [6, 6.07) is 0.674. The molecule has 2 amide bonds. The molecule has 0 atom stereocenters. The minimum atomic E-state index is -0.271. The summed E-state index contributed by atoms with van der Waals surface area (Å²) in [6.07, 6.45) is 10.3. The van der Waals surface area contributed by atoms with E-state index in [4.69, 9.17) is 4.74 Å². The van der Waals surface area contributed by atoms with Crippen LogP contribution in [0.3, 0.4) is 0 Å². The van der Waals surface area contributed by atoms with Gasteiger partial charge in [-0.15, -0.1) is 0 Å². The maximum absolute atomic E-state index is 11.8. The molecule has 2 aliphatic rings. The summed E-state index contributed by atoms with van der Waals surface area (Å²) in [6.45, 7) is 6.17. The van der Waals surface area contributed by atoms with E-state index in [1.165, 1.54) is 32.1 Å². The van der Waals surface area contributed by atoms with Gasteiger partial charge in [0.05, 0.1) is 6.61 Å². The lowest BCUT2D eigenvalue weighted by Gasteiger charge is -2.34. The molecule has 2 N–H and O–H groups in total. The predicted molar refractivity (Wildman–Crippen MR) is 99.2 cm³/mol. The second-order valence-corrected chi connectivity index (χ2v) is 8.20. The van der Waals surface area contributed by atoms with Gasteiger partial charge in [0, 0.05) is 18.0 Å². The Morgan fingerprint density at radius 3 is 1.80 bits per heavy atom. The van der Waals surface area contributed by atoms with E-state index in [-0.39, 0.29) is 24.0 Å². The molecule has 0 aromatic carbocycles. The standard InChI is InChI=1S/C20H36N2O3/c1-4-25-20(24)22-18-11-7-16(8-12-18)13-15-5-9-17(10-6-15)21-19(23)14(2)3/h14-18H,4-13H2,1-3H3,(H,21,23)(H,22,24). The summed E-state index contributed by atoms with van der Waals surface area (Å²) in [4.78, 5) is 23.3. The number of nitrogens with one attached hydrogen (secondary N) is 2. The van der Waals surface area contributed by atoms with Crippen LogP contribution in [0.1, 0.15) is 78.6 Å². The quantitative estimate of drug-likeness (QED) is 0.759. The molecule has 0 radical (unpaired) electrons. The molecule has 5 nitrogen and oxygen atoms in total. The molecule has 144 valence electrons. The van der Waals surface area contributed by atoms with E-state index in [1.807, 2.05) is 20.8 Å². The van der Waals surface area contributed by atoms with Crippen molar-refractivity contribution in [1.29, 1.82) is 0 Å². The summed E-state index contributed by atoms with van der Waals surface area (Å²) in [5.41, 5.74) is 0. The van der Waals surface area contributed by atoms with E-state index < -0.39 is 0 Å². The number of carbonyl (C=O) groups excluding carboxylic acids is 2. The Kier molecular flexibility index (Phi) is 8.04. The second kappa shape index (κ2) is 10.0. The lowest BCUT2D eigenvalue weighted by Crippen LogP contribution is -2.40. The topological polar surface area (TPSA) is 67.4 Å². The van der Waals surface area contributed by atoms with Gasteiger partial charge in [-0.05, 0) is 76.5 Å². The van der Waals surface area contributed by atoms with Crippen LogP contribution < -0.4 is 10.6 Å². The van der Waals surface area contributed by atoms with E-state index in [0.29, 0.717) is 12.6 Å². The van der Waals surface area contributed by atoms with E-state index in [1.54, 1.807) is 0 Å². The highest BCUT2D eigenvalue weighted by Gasteiger charge is 2.28. The van der Waals surface area contributed by atoms with Crippen LogP contribution in [0.2, 0.25) is 0 Å². The number of hydrogen-bond acceptors (Lipinski definition) is 3. The zero-order valence-corrected chi connectivity index (χ0v) is 16.2. The van der Waals surface area contributed by atoms with Crippen molar-refractivity contribution < 1.29 is 14.3 Å². The molecule has 0 bridgehead atoms. The van der Waals surface area contributed by atoms with E-state index >= 15 is 0 Å². The zero-order valence-electron chi connectivity index (χ0n) is 16.2. The SMILES string of the molecule is CCOC(=O)NC1CCC(CC2CCC(NC(=O)C(C)C)CC2)CC1. The fraction of sp³-hybridized carbons (Fsp3) is 0.900. The molecule has 0 aliphatic heterocycles. The van der Waals surface area contributed by atoms with Crippen molar-refractivity contribution in [3.05, 3.63) is 0 Å². The maximum atomic E-state index is 11.8. The summed E-state index contributed by atoms with van der Waals surface area (Å²) in [7, 11) is 0. The third kappa shape index (κ3) is 6.87. The third-order valence-corrected chi connectivity index (χ3v) is 5.83. The highest BCUT2D eigenvalue weighted by Crippen LogP contribution is 2.35. The second-order valence-electron chi connectivity index (χ2n) is 8.20. The average molecular weight is 353 g/mol. The van der Waals surface area contributed by atoms with Crippen LogP contribution in [-0.4, -0.2) is 30.7 Å². The number of alkyl carbamates (subject to hydrolysis) is 1. The Hall–Kier alpha value is -1.26. The van der Waals surface area contributed by atoms with Crippen molar-refractivity contribution in [3.63, 3.8) is 0 Å². The van der Waals surface area contributed by atoms with Crippen LogP contribution in [0.15, 0.2) is 0 Å². The first-order valence-electron chi connectivity index (χ1n) is 10.2. The number of ether oxygens (including phenoxy) is 1. The molecule has 0 aromatic heterocycles. The van der Waals surface area contributed by atoms with Crippen molar-refractivity contribution in [1.82, 2.24) is 10.6 Å². The molecule has 5 heteroatoms. The summed E-state index contributed by atoms with van der Waals surface area (Å²) in [5.74, 6) is 1.88. The van der Waals surface area contributed by atoms with E-state index in [9.17, 15) is 9.59 Å². The van der Waals surface area contributed by atoms with Crippen molar-refractivity contribution in [2.45, 2.75) is 90.6 Å². The van der Waals surface area contributed by atoms with Gasteiger partial charge in [-0.1, -0.05) is 13.8 Å². The number of rotatable bonds is 6. The smallest absolute Gasteiger partial charge is 0.407 e. The molecule has 2 rings (SSSR count). The van der Waals surface area contributed by atoms with Gasteiger partial charge in [0.15, 0.2) is 0 Å². The molecule has 0 spiro atoms. The lowest BCUT2D eigenvalue weighted by atomic mass is 9.75. The highest BCUT2D eigenvalue weighted by atomic mass is 16.5. The van der Waals surface area contributed by atoms with Crippen LogP contribution in [-0.2, 0) is 9.53 Å². The molecule has 0 unspecified atom stereocenters.